The fourth-order valence-electron chi connectivity index (χ4n) is 2.26. The number of hydrogen-bond donors (Lipinski definition) is 1. The van der Waals surface area contributed by atoms with E-state index in [2.05, 4.69) is 17.2 Å². The number of carbonyl (C=O) groups is 1. The minimum atomic E-state index is -0.180. The first-order chi connectivity index (χ1) is 11.6. The lowest BCUT2D eigenvalue weighted by molar-refractivity contribution is 0.102. The van der Waals surface area contributed by atoms with Gasteiger partial charge in [0.15, 0.2) is 0 Å². The highest BCUT2D eigenvalue weighted by Gasteiger charge is 2.06. The van der Waals surface area contributed by atoms with Gasteiger partial charge in [0.25, 0.3) is 5.91 Å². The van der Waals surface area contributed by atoms with Crippen molar-refractivity contribution < 1.29 is 9.53 Å². The van der Waals surface area contributed by atoms with Crippen molar-refractivity contribution >= 4 is 11.6 Å². The molecule has 120 valence electrons. The maximum atomic E-state index is 12.2. The zero-order valence-corrected chi connectivity index (χ0v) is 13.6. The number of nitrogens with one attached hydrogen (secondary N) is 1. The van der Waals surface area contributed by atoms with E-state index >= 15 is 0 Å². The molecule has 0 spiro atoms. The van der Waals surface area contributed by atoms with Gasteiger partial charge in [-0.2, -0.15) is 0 Å². The van der Waals surface area contributed by atoms with Crippen molar-refractivity contribution in [1.29, 1.82) is 0 Å². The summed E-state index contributed by atoms with van der Waals surface area (Å²) in [5.41, 5.74) is 3.64. The molecule has 0 aliphatic heterocycles. The Balaban J connectivity index is 1.74. The molecule has 1 amide bonds. The molecule has 0 unspecified atom stereocenters. The molecule has 2 aromatic carbocycles. The van der Waals surface area contributed by atoms with Gasteiger partial charge >= 0.3 is 0 Å². The standard InChI is InChI=1S/C20H18N2O2/c1-14-6-7-19(12-15(14)2)24-18-5-3-4-17(13-18)22-20(23)16-8-10-21-11-9-16/h3-13H,1-2H3,(H,22,23). The molecule has 4 nitrogen and oxygen atoms in total. The van der Waals surface area contributed by atoms with Gasteiger partial charge in [-0.1, -0.05) is 12.1 Å². The lowest BCUT2D eigenvalue weighted by Crippen LogP contribution is -2.11. The van der Waals surface area contributed by atoms with Crippen molar-refractivity contribution in [2.45, 2.75) is 13.8 Å². The number of aromatic nitrogens is 1. The lowest BCUT2D eigenvalue weighted by Gasteiger charge is -2.10. The molecule has 3 rings (SSSR count). The van der Waals surface area contributed by atoms with Gasteiger partial charge in [-0.05, 0) is 61.4 Å². The Kier molecular flexibility index (Phi) is 4.57. The second kappa shape index (κ2) is 6.96. The van der Waals surface area contributed by atoms with Crippen LogP contribution >= 0.6 is 0 Å². The Hall–Kier alpha value is -3.14. The van der Waals surface area contributed by atoms with Gasteiger partial charge in [0.2, 0.25) is 0 Å². The summed E-state index contributed by atoms with van der Waals surface area (Å²) in [5, 5.41) is 2.86. The summed E-state index contributed by atoms with van der Waals surface area (Å²) in [5.74, 6) is 1.27. The van der Waals surface area contributed by atoms with Crippen molar-refractivity contribution in [3.63, 3.8) is 0 Å². The van der Waals surface area contributed by atoms with E-state index in [1.165, 1.54) is 11.1 Å². The van der Waals surface area contributed by atoms with Gasteiger partial charge in [-0.15, -0.1) is 0 Å². The molecule has 1 heterocycles. The Morgan fingerprint density at radius 2 is 1.67 bits per heavy atom. The fourth-order valence-corrected chi connectivity index (χ4v) is 2.26. The second-order valence-electron chi connectivity index (χ2n) is 5.57. The van der Waals surface area contributed by atoms with Gasteiger partial charge in [-0.25, -0.2) is 0 Å². The number of nitrogens with zero attached hydrogens (tertiary/aromatic N) is 1. The molecule has 4 heteroatoms. The monoisotopic (exact) mass is 318 g/mol. The average Bonchev–Trinajstić information content (AvgIpc) is 2.59. The van der Waals surface area contributed by atoms with Gasteiger partial charge in [-0.3, -0.25) is 9.78 Å². The van der Waals surface area contributed by atoms with Crippen LogP contribution in [0.4, 0.5) is 5.69 Å². The van der Waals surface area contributed by atoms with Crippen LogP contribution in [0, 0.1) is 13.8 Å². The zero-order valence-electron chi connectivity index (χ0n) is 13.6. The SMILES string of the molecule is Cc1ccc(Oc2cccc(NC(=O)c3ccncc3)c2)cc1C. The highest BCUT2D eigenvalue weighted by Crippen LogP contribution is 2.26. The molecule has 0 bridgehead atoms. The van der Waals surface area contributed by atoms with Crippen molar-refractivity contribution in [2.75, 3.05) is 5.32 Å². The third kappa shape index (κ3) is 3.79. The number of hydrogen-bond acceptors (Lipinski definition) is 3. The van der Waals surface area contributed by atoms with Crippen LogP contribution in [0.2, 0.25) is 0 Å². The number of rotatable bonds is 4. The molecular formula is C20H18N2O2. The molecule has 0 atom stereocenters. The number of benzene rings is 2. The summed E-state index contributed by atoms with van der Waals surface area (Å²) >= 11 is 0. The average molecular weight is 318 g/mol. The minimum Gasteiger partial charge on any atom is -0.457 e. The summed E-state index contributed by atoms with van der Waals surface area (Å²) in [4.78, 5) is 16.1. The summed E-state index contributed by atoms with van der Waals surface area (Å²) in [7, 11) is 0. The van der Waals surface area contributed by atoms with Crippen LogP contribution < -0.4 is 10.1 Å². The van der Waals surface area contributed by atoms with Crippen LogP contribution in [-0.4, -0.2) is 10.9 Å². The molecule has 0 aliphatic rings. The topological polar surface area (TPSA) is 51.2 Å². The fraction of sp³-hybridized carbons (Fsp3) is 0.100. The molecule has 0 fully saturated rings. The summed E-state index contributed by atoms with van der Waals surface area (Å²) < 4.78 is 5.88. The number of ether oxygens (including phenoxy) is 1. The Bertz CT molecular complexity index is 861. The van der Waals surface area contributed by atoms with E-state index in [1.807, 2.05) is 43.3 Å². The number of pyridine rings is 1. The van der Waals surface area contributed by atoms with E-state index in [1.54, 1.807) is 30.6 Å². The largest absolute Gasteiger partial charge is 0.457 e. The predicted molar refractivity (Wildman–Crippen MR) is 94.6 cm³/mol. The third-order valence-electron chi connectivity index (χ3n) is 3.75. The first-order valence-corrected chi connectivity index (χ1v) is 7.68. The van der Waals surface area contributed by atoms with Crippen molar-refractivity contribution in [3.8, 4) is 11.5 Å². The lowest BCUT2D eigenvalue weighted by atomic mass is 10.1. The highest BCUT2D eigenvalue weighted by atomic mass is 16.5. The molecule has 0 saturated carbocycles. The smallest absolute Gasteiger partial charge is 0.255 e. The van der Waals surface area contributed by atoms with E-state index < -0.39 is 0 Å². The predicted octanol–water partition coefficient (Wildman–Crippen LogP) is 4.74. The molecular weight excluding hydrogens is 300 g/mol. The quantitative estimate of drug-likeness (QED) is 0.755. The molecule has 1 N–H and O–H groups in total. The summed E-state index contributed by atoms with van der Waals surface area (Å²) in [6.45, 7) is 4.11. The maximum absolute atomic E-state index is 12.2. The Morgan fingerprint density at radius 1 is 0.917 bits per heavy atom. The first kappa shape index (κ1) is 15.7. The Morgan fingerprint density at radius 3 is 2.42 bits per heavy atom. The van der Waals surface area contributed by atoms with E-state index in [-0.39, 0.29) is 5.91 Å². The summed E-state index contributed by atoms with van der Waals surface area (Å²) in [6.07, 6.45) is 3.18. The molecule has 0 saturated heterocycles. The van der Waals surface area contributed by atoms with E-state index in [9.17, 15) is 4.79 Å². The summed E-state index contributed by atoms with van der Waals surface area (Å²) in [6, 6.07) is 16.6. The van der Waals surface area contributed by atoms with Crippen LogP contribution in [0.1, 0.15) is 21.5 Å². The van der Waals surface area contributed by atoms with E-state index in [4.69, 9.17) is 4.74 Å². The number of amides is 1. The van der Waals surface area contributed by atoms with Crippen molar-refractivity contribution in [2.24, 2.45) is 0 Å². The van der Waals surface area contributed by atoms with Crippen LogP contribution in [0.3, 0.4) is 0 Å². The molecule has 0 aliphatic carbocycles. The van der Waals surface area contributed by atoms with Crippen LogP contribution in [-0.2, 0) is 0 Å². The van der Waals surface area contributed by atoms with Crippen molar-refractivity contribution in [3.05, 3.63) is 83.7 Å². The third-order valence-corrected chi connectivity index (χ3v) is 3.75. The van der Waals surface area contributed by atoms with Gasteiger partial charge < -0.3 is 10.1 Å². The van der Waals surface area contributed by atoms with Crippen molar-refractivity contribution in [1.82, 2.24) is 4.98 Å². The number of aryl methyl sites for hydroxylation is 2. The molecule has 0 radical (unpaired) electrons. The van der Waals surface area contributed by atoms with Crippen LogP contribution in [0.15, 0.2) is 67.0 Å². The van der Waals surface area contributed by atoms with Gasteiger partial charge in [0.1, 0.15) is 11.5 Å². The Labute approximate surface area is 141 Å². The normalized spacial score (nSPS) is 10.2. The molecule has 24 heavy (non-hydrogen) atoms. The van der Waals surface area contributed by atoms with Gasteiger partial charge in [0.05, 0.1) is 0 Å². The second-order valence-corrected chi connectivity index (χ2v) is 5.57. The van der Waals surface area contributed by atoms with E-state index in [0.717, 1.165) is 5.75 Å². The van der Waals surface area contributed by atoms with E-state index in [0.29, 0.717) is 17.0 Å². The number of carbonyl (C=O) groups excluding carboxylic acids is 1. The molecule has 1 aromatic heterocycles. The highest BCUT2D eigenvalue weighted by molar-refractivity contribution is 6.04. The molecule has 3 aromatic rings. The maximum Gasteiger partial charge on any atom is 0.255 e. The van der Waals surface area contributed by atoms with Crippen LogP contribution in [0.25, 0.3) is 0 Å². The zero-order chi connectivity index (χ0) is 16.9. The van der Waals surface area contributed by atoms with Gasteiger partial charge in [0, 0.05) is 29.7 Å². The minimum absolute atomic E-state index is 0.180. The number of anilines is 1. The van der Waals surface area contributed by atoms with Crippen LogP contribution in [0.5, 0.6) is 11.5 Å². The first-order valence-electron chi connectivity index (χ1n) is 7.68.